The number of piperazine rings is 1. The van der Waals surface area contributed by atoms with Crippen LogP contribution in [0, 0.1) is 6.92 Å². The van der Waals surface area contributed by atoms with Crippen LogP contribution >= 0.6 is 11.3 Å². The van der Waals surface area contributed by atoms with Crippen molar-refractivity contribution in [2.75, 3.05) is 31.5 Å². The van der Waals surface area contributed by atoms with Gasteiger partial charge in [0.2, 0.25) is 0 Å². The first-order chi connectivity index (χ1) is 14.0. The number of thiophene rings is 1. The number of carbonyl (C=O) groups is 3. The molecule has 1 aliphatic heterocycles. The molecule has 3 aromatic rings. The Hall–Kier alpha value is -3.33. The lowest BCUT2D eigenvalue weighted by Gasteiger charge is -2.34. The van der Waals surface area contributed by atoms with Crippen LogP contribution in [-0.4, -0.2) is 53.7 Å². The summed E-state index contributed by atoms with van der Waals surface area (Å²) in [6.07, 6.45) is 2.90. The van der Waals surface area contributed by atoms with E-state index < -0.39 is 0 Å². The molecule has 3 amide bonds. The number of amides is 3. The molecule has 150 valence electrons. The quantitative estimate of drug-likeness (QED) is 0.709. The molecule has 0 bridgehead atoms. The van der Waals surface area contributed by atoms with Gasteiger partial charge < -0.3 is 24.0 Å². The van der Waals surface area contributed by atoms with Crippen LogP contribution in [0.2, 0.25) is 0 Å². The van der Waals surface area contributed by atoms with Crippen molar-refractivity contribution < 1.29 is 23.2 Å². The molecule has 1 saturated heterocycles. The largest absolute Gasteiger partial charge is 0.459 e. The highest BCUT2D eigenvalue weighted by Gasteiger charge is 2.28. The summed E-state index contributed by atoms with van der Waals surface area (Å²) in [5, 5.41) is 3.34. The van der Waals surface area contributed by atoms with Crippen LogP contribution < -0.4 is 5.32 Å². The first-order valence-corrected chi connectivity index (χ1v) is 9.92. The number of nitrogens with one attached hydrogen (secondary N) is 1. The molecule has 1 N–H and O–H groups in total. The Morgan fingerprint density at radius 1 is 0.931 bits per heavy atom. The average molecular weight is 413 g/mol. The predicted molar refractivity (Wildman–Crippen MR) is 106 cm³/mol. The Morgan fingerprint density at radius 3 is 2.10 bits per heavy atom. The molecule has 0 saturated carbocycles. The number of rotatable bonds is 4. The fourth-order valence-corrected chi connectivity index (χ4v) is 4.19. The monoisotopic (exact) mass is 413 g/mol. The highest BCUT2D eigenvalue weighted by atomic mass is 32.1. The van der Waals surface area contributed by atoms with E-state index in [2.05, 4.69) is 5.32 Å². The van der Waals surface area contributed by atoms with Gasteiger partial charge in [-0.3, -0.25) is 14.4 Å². The lowest BCUT2D eigenvalue weighted by molar-refractivity contribution is 0.0520. The summed E-state index contributed by atoms with van der Waals surface area (Å²) in [7, 11) is 0. The van der Waals surface area contributed by atoms with Gasteiger partial charge in [-0.1, -0.05) is 0 Å². The Bertz CT molecular complexity index is 1010. The third-order valence-electron chi connectivity index (χ3n) is 4.68. The minimum atomic E-state index is -0.361. The van der Waals surface area contributed by atoms with E-state index in [1.54, 1.807) is 40.1 Å². The average Bonchev–Trinajstić information content (AvgIpc) is 3.49. The van der Waals surface area contributed by atoms with Crippen LogP contribution in [0.3, 0.4) is 0 Å². The number of furan rings is 2. The maximum absolute atomic E-state index is 12.9. The van der Waals surface area contributed by atoms with E-state index in [4.69, 9.17) is 8.83 Å². The van der Waals surface area contributed by atoms with E-state index in [0.717, 1.165) is 5.56 Å². The molecule has 0 spiro atoms. The van der Waals surface area contributed by atoms with E-state index in [0.29, 0.717) is 41.8 Å². The molecule has 29 heavy (non-hydrogen) atoms. The second-order valence-corrected chi connectivity index (χ2v) is 7.67. The molecule has 1 aliphatic rings. The third-order valence-corrected chi connectivity index (χ3v) is 5.82. The normalized spacial score (nSPS) is 14.1. The maximum atomic E-state index is 12.9. The van der Waals surface area contributed by atoms with Gasteiger partial charge in [-0.05, 0) is 42.8 Å². The van der Waals surface area contributed by atoms with Gasteiger partial charge in [0.05, 0.1) is 22.4 Å². The van der Waals surface area contributed by atoms with Crippen molar-refractivity contribution >= 4 is 34.1 Å². The molecule has 3 aromatic heterocycles. The van der Waals surface area contributed by atoms with E-state index in [9.17, 15) is 14.4 Å². The summed E-state index contributed by atoms with van der Waals surface area (Å²) in [5.74, 6) is -0.120. The summed E-state index contributed by atoms with van der Waals surface area (Å²) < 4.78 is 10.2. The number of hydrogen-bond acceptors (Lipinski definition) is 6. The van der Waals surface area contributed by atoms with E-state index in [1.807, 2.05) is 6.92 Å². The van der Waals surface area contributed by atoms with Crippen LogP contribution in [0.1, 0.15) is 36.3 Å². The van der Waals surface area contributed by atoms with Gasteiger partial charge in [-0.25, -0.2) is 0 Å². The van der Waals surface area contributed by atoms with Gasteiger partial charge in [-0.15, -0.1) is 11.3 Å². The molecule has 0 atom stereocenters. The Kier molecular flexibility index (Phi) is 5.22. The minimum Gasteiger partial charge on any atom is -0.459 e. The second kappa shape index (κ2) is 7.96. The first kappa shape index (κ1) is 19.0. The summed E-state index contributed by atoms with van der Waals surface area (Å²) in [5.41, 5.74) is 0.795. The Morgan fingerprint density at radius 2 is 1.52 bits per heavy atom. The molecular formula is C20H19N3O5S. The highest BCUT2D eigenvalue weighted by molar-refractivity contribution is 7.18. The van der Waals surface area contributed by atoms with Gasteiger partial charge in [0.15, 0.2) is 11.5 Å². The van der Waals surface area contributed by atoms with E-state index in [1.165, 1.54) is 23.9 Å². The SMILES string of the molecule is Cc1cc(NC(=O)c2ccco2)sc1C(=O)N1CCN(C(=O)c2ccco2)CC1. The van der Waals surface area contributed by atoms with Gasteiger partial charge in [-0.2, -0.15) is 0 Å². The van der Waals surface area contributed by atoms with E-state index in [-0.39, 0.29) is 23.5 Å². The Labute approximate surface area is 170 Å². The summed E-state index contributed by atoms with van der Waals surface area (Å²) >= 11 is 1.23. The van der Waals surface area contributed by atoms with Crippen molar-refractivity contribution in [1.82, 2.24) is 9.80 Å². The van der Waals surface area contributed by atoms with Crippen LogP contribution in [0.5, 0.6) is 0 Å². The standard InChI is InChI=1S/C20H19N3O5S/c1-13-12-16(21-18(24)14-4-2-10-27-14)29-17(13)20(26)23-8-6-22(7-9-23)19(25)15-5-3-11-28-15/h2-5,10-12H,6-9H2,1H3,(H,21,24). The topological polar surface area (TPSA) is 96.0 Å². The molecular weight excluding hydrogens is 394 g/mol. The van der Waals surface area contributed by atoms with Crippen molar-refractivity contribution in [1.29, 1.82) is 0 Å². The Balaban J connectivity index is 1.38. The molecule has 0 unspecified atom stereocenters. The van der Waals surface area contributed by atoms with Crippen molar-refractivity contribution in [3.05, 3.63) is 64.8 Å². The van der Waals surface area contributed by atoms with Crippen LogP contribution in [0.4, 0.5) is 5.00 Å². The fourth-order valence-electron chi connectivity index (χ4n) is 3.15. The number of aryl methyl sites for hydroxylation is 1. The van der Waals surface area contributed by atoms with Crippen molar-refractivity contribution in [2.45, 2.75) is 6.92 Å². The molecule has 8 nitrogen and oxygen atoms in total. The fraction of sp³-hybridized carbons (Fsp3) is 0.250. The lowest BCUT2D eigenvalue weighted by Crippen LogP contribution is -2.50. The lowest BCUT2D eigenvalue weighted by atomic mass is 10.2. The van der Waals surface area contributed by atoms with Crippen molar-refractivity contribution in [3.63, 3.8) is 0 Å². The molecule has 0 aromatic carbocycles. The van der Waals surface area contributed by atoms with Crippen molar-refractivity contribution in [2.24, 2.45) is 0 Å². The molecule has 0 radical (unpaired) electrons. The third kappa shape index (κ3) is 3.95. The molecule has 9 heteroatoms. The van der Waals surface area contributed by atoms with Gasteiger partial charge >= 0.3 is 0 Å². The van der Waals surface area contributed by atoms with Crippen LogP contribution in [0.15, 0.2) is 51.7 Å². The number of nitrogens with zero attached hydrogens (tertiary/aromatic N) is 2. The zero-order valence-electron chi connectivity index (χ0n) is 15.7. The van der Waals surface area contributed by atoms with Crippen LogP contribution in [0.25, 0.3) is 0 Å². The summed E-state index contributed by atoms with van der Waals surface area (Å²) in [6, 6.07) is 8.29. The highest BCUT2D eigenvalue weighted by Crippen LogP contribution is 2.28. The van der Waals surface area contributed by atoms with E-state index >= 15 is 0 Å². The summed E-state index contributed by atoms with van der Waals surface area (Å²) in [4.78, 5) is 41.4. The molecule has 1 fully saturated rings. The predicted octanol–water partition coefficient (Wildman–Crippen LogP) is 3.09. The van der Waals surface area contributed by atoms with Crippen molar-refractivity contribution in [3.8, 4) is 0 Å². The van der Waals surface area contributed by atoms with Gasteiger partial charge in [0.1, 0.15) is 0 Å². The number of anilines is 1. The minimum absolute atomic E-state index is 0.101. The smallest absolute Gasteiger partial charge is 0.291 e. The second-order valence-electron chi connectivity index (χ2n) is 6.62. The molecule has 0 aliphatic carbocycles. The zero-order chi connectivity index (χ0) is 20.4. The zero-order valence-corrected chi connectivity index (χ0v) is 16.5. The van der Waals surface area contributed by atoms with Crippen LogP contribution in [-0.2, 0) is 0 Å². The number of hydrogen-bond donors (Lipinski definition) is 1. The maximum Gasteiger partial charge on any atom is 0.291 e. The van der Waals surface area contributed by atoms with Gasteiger partial charge in [0, 0.05) is 26.2 Å². The molecule has 4 heterocycles. The first-order valence-electron chi connectivity index (χ1n) is 9.10. The summed E-state index contributed by atoms with van der Waals surface area (Å²) in [6.45, 7) is 3.60. The molecule has 4 rings (SSSR count). The van der Waals surface area contributed by atoms with Gasteiger partial charge in [0.25, 0.3) is 17.7 Å². The number of carbonyl (C=O) groups excluding carboxylic acids is 3.